The number of halogens is 1. The topological polar surface area (TPSA) is 23.6 Å². The van der Waals surface area contributed by atoms with Crippen LogP contribution in [0.1, 0.15) is 29.1 Å². The van der Waals surface area contributed by atoms with E-state index in [-0.39, 0.29) is 11.4 Å². The van der Waals surface area contributed by atoms with Crippen LogP contribution in [0, 0.1) is 6.92 Å². The Labute approximate surface area is 121 Å². The normalized spacial score (nSPS) is 20.2. The van der Waals surface area contributed by atoms with Gasteiger partial charge in [0.15, 0.2) is 0 Å². The van der Waals surface area contributed by atoms with Gasteiger partial charge in [0.1, 0.15) is 0 Å². The predicted molar refractivity (Wildman–Crippen MR) is 79.4 cm³/mol. The number of carbonyl (C=O) groups excluding carboxylic acids is 1. The monoisotopic (exact) mass is 330 g/mol. The van der Waals surface area contributed by atoms with Crippen molar-refractivity contribution in [1.82, 2.24) is 9.80 Å². The van der Waals surface area contributed by atoms with Gasteiger partial charge in [-0.05, 0) is 55.4 Å². The molecule has 1 aromatic rings. The Morgan fingerprint density at radius 2 is 2.11 bits per heavy atom. The van der Waals surface area contributed by atoms with Crippen LogP contribution in [-0.2, 0) is 0 Å². The van der Waals surface area contributed by atoms with Gasteiger partial charge < -0.3 is 4.90 Å². The number of amides is 1. The molecule has 0 N–H and O–H groups in total. The zero-order valence-corrected chi connectivity index (χ0v) is 13.7. The SMILES string of the molecule is Cc1cc(C(=O)N2CCN(C)C(C)(C)C2)sc1Br. The number of likely N-dealkylation sites (N-methyl/N-ethyl adjacent to an activating group) is 1. The van der Waals surface area contributed by atoms with Crippen molar-refractivity contribution in [2.45, 2.75) is 26.3 Å². The van der Waals surface area contributed by atoms with Crippen LogP contribution in [-0.4, -0.2) is 47.9 Å². The van der Waals surface area contributed by atoms with E-state index in [1.54, 1.807) is 0 Å². The molecule has 0 saturated carbocycles. The Kier molecular flexibility index (Phi) is 3.85. The van der Waals surface area contributed by atoms with Gasteiger partial charge in [-0.25, -0.2) is 0 Å². The number of piperazine rings is 1. The van der Waals surface area contributed by atoms with Gasteiger partial charge >= 0.3 is 0 Å². The first-order valence-electron chi connectivity index (χ1n) is 6.08. The molecule has 2 heterocycles. The minimum atomic E-state index is 0.0530. The molecule has 1 saturated heterocycles. The van der Waals surface area contributed by atoms with Crippen LogP contribution in [0.3, 0.4) is 0 Å². The van der Waals surface area contributed by atoms with Crippen LogP contribution in [0.5, 0.6) is 0 Å². The Morgan fingerprint density at radius 3 is 2.61 bits per heavy atom. The van der Waals surface area contributed by atoms with E-state index in [1.165, 1.54) is 11.3 Å². The fourth-order valence-electron chi connectivity index (χ4n) is 2.13. The highest BCUT2D eigenvalue weighted by atomic mass is 79.9. The van der Waals surface area contributed by atoms with Crippen molar-refractivity contribution < 1.29 is 4.79 Å². The molecule has 1 aromatic heterocycles. The van der Waals surface area contributed by atoms with E-state index in [0.29, 0.717) is 0 Å². The van der Waals surface area contributed by atoms with Crippen LogP contribution in [0.4, 0.5) is 0 Å². The lowest BCUT2D eigenvalue weighted by Gasteiger charge is -2.45. The van der Waals surface area contributed by atoms with Crippen molar-refractivity contribution in [3.05, 3.63) is 20.3 Å². The molecule has 0 radical (unpaired) electrons. The van der Waals surface area contributed by atoms with Crippen molar-refractivity contribution in [2.75, 3.05) is 26.7 Å². The van der Waals surface area contributed by atoms with Crippen molar-refractivity contribution in [1.29, 1.82) is 0 Å². The van der Waals surface area contributed by atoms with E-state index in [1.807, 2.05) is 17.9 Å². The van der Waals surface area contributed by atoms with E-state index in [9.17, 15) is 4.79 Å². The first kappa shape index (κ1) is 14.0. The van der Waals surface area contributed by atoms with Gasteiger partial charge in [-0.1, -0.05) is 0 Å². The summed E-state index contributed by atoms with van der Waals surface area (Å²) >= 11 is 5.01. The second-order valence-corrected chi connectivity index (χ2v) is 7.90. The van der Waals surface area contributed by atoms with Gasteiger partial charge in [0.2, 0.25) is 0 Å². The average molecular weight is 331 g/mol. The van der Waals surface area contributed by atoms with Crippen LogP contribution in [0.15, 0.2) is 9.85 Å². The smallest absolute Gasteiger partial charge is 0.264 e. The van der Waals surface area contributed by atoms with Crippen LogP contribution in [0.2, 0.25) is 0 Å². The number of hydrogen-bond donors (Lipinski definition) is 0. The number of rotatable bonds is 1. The van der Waals surface area contributed by atoms with Gasteiger partial charge in [-0.3, -0.25) is 9.69 Å². The maximum Gasteiger partial charge on any atom is 0.264 e. The first-order chi connectivity index (χ1) is 8.31. The van der Waals surface area contributed by atoms with Crippen LogP contribution < -0.4 is 0 Å². The molecule has 1 fully saturated rings. The van der Waals surface area contributed by atoms with Gasteiger partial charge in [0, 0.05) is 25.2 Å². The average Bonchev–Trinajstić information content (AvgIpc) is 2.62. The lowest BCUT2D eigenvalue weighted by molar-refractivity contribution is 0.0315. The number of carbonyl (C=O) groups is 1. The summed E-state index contributed by atoms with van der Waals surface area (Å²) in [5.41, 5.74) is 1.19. The highest BCUT2D eigenvalue weighted by Gasteiger charge is 2.33. The molecule has 1 aliphatic rings. The van der Waals surface area contributed by atoms with Crippen molar-refractivity contribution in [3.8, 4) is 0 Å². The number of hydrogen-bond acceptors (Lipinski definition) is 3. The highest BCUT2D eigenvalue weighted by Crippen LogP contribution is 2.29. The fraction of sp³-hybridized carbons (Fsp3) is 0.615. The van der Waals surface area contributed by atoms with E-state index in [0.717, 1.165) is 33.9 Å². The Morgan fingerprint density at radius 1 is 1.44 bits per heavy atom. The summed E-state index contributed by atoms with van der Waals surface area (Å²) in [5.74, 6) is 0.162. The molecule has 1 amide bonds. The molecule has 5 heteroatoms. The van der Waals surface area contributed by atoms with Crippen molar-refractivity contribution in [3.63, 3.8) is 0 Å². The summed E-state index contributed by atoms with van der Waals surface area (Å²) in [6.07, 6.45) is 0. The maximum atomic E-state index is 12.5. The summed E-state index contributed by atoms with van der Waals surface area (Å²) < 4.78 is 1.05. The Bertz CT molecular complexity index is 450. The van der Waals surface area contributed by atoms with Crippen LogP contribution >= 0.6 is 27.3 Å². The maximum absolute atomic E-state index is 12.5. The molecule has 100 valence electrons. The number of aryl methyl sites for hydroxylation is 1. The largest absolute Gasteiger partial charge is 0.335 e. The van der Waals surface area contributed by atoms with Gasteiger partial charge in [0.25, 0.3) is 5.91 Å². The Hall–Kier alpha value is -0.390. The number of thiophene rings is 1. The standard InChI is InChI=1S/C13H19BrN2OS/c1-9-7-10(18-11(9)14)12(17)16-6-5-15(4)13(2,3)8-16/h7H,5-6,8H2,1-4H3. The second-order valence-electron chi connectivity index (χ2n) is 5.53. The molecular formula is C13H19BrN2OS. The lowest BCUT2D eigenvalue weighted by Crippen LogP contribution is -2.58. The van der Waals surface area contributed by atoms with Gasteiger partial charge in [-0.15, -0.1) is 11.3 Å². The van der Waals surface area contributed by atoms with Gasteiger partial charge in [0.05, 0.1) is 8.66 Å². The quantitative estimate of drug-likeness (QED) is 0.790. The first-order valence-corrected chi connectivity index (χ1v) is 7.68. The predicted octanol–water partition coefficient (Wildman–Crippen LogP) is 2.99. The highest BCUT2D eigenvalue weighted by molar-refractivity contribution is 9.11. The third kappa shape index (κ3) is 2.63. The summed E-state index contributed by atoms with van der Waals surface area (Å²) in [7, 11) is 2.12. The number of nitrogens with zero attached hydrogens (tertiary/aromatic N) is 2. The molecule has 3 nitrogen and oxygen atoms in total. The molecule has 0 aromatic carbocycles. The third-order valence-electron chi connectivity index (χ3n) is 3.67. The molecule has 0 aliphatic carbocycles. The van der Waals surface area contributed by atoms with E-state index >= 15 is 0 Å². The summed E-state index contributed by atoms with van der Waals surface area (Å²) in [6, 6.07) is 1.97. The molecule has 0 bridgehead atoms. The van der Waals surface area contributed by atoms with Crippen LogP contribution in [0.25, 0.3) is 0 Å². The zero-order chi connectivity index (χ0) is 13.5. The fourth-order valence-corrected chi connectivity index (χ4v) is 3.64. The summed E-state index contributed by atoms with van der Waals surface area (Å²) in [6.45, 7) is 8.92. The molecule has 2 rings (SSSR count). The Balaban J connectivity index is 2.15. The minimum absolute atomic E-state index is 0.0530. The molecule has 1 aliphatic heterocycles. The molecule has 0 unspecified atom stereocenters. The van der Waals surface area contributed by atoms with Gasteiger partial charge in [-0.2, -0.15) is 0 Å². The second kappa shape index (κ2) is 4.94. The van der Waals surface area contributed by atoms with E-state index in [2.05, 4.69) is 41.7 Å². The molecule has 0 spiro atoms. The minimum Gasteiger partial charge on any atom is -0.335 e. The van der Waals surface area contributed by atoms with E-state index < -0.39 is 0 Å². The molecule has 0 atom stereocenters. The zero-order valence-electron chi connectivity index (χ0n) is 11.3. The third-order valence-corrected chi connectivity index (χ3v) is 5.80. The van der Waals surface area contributed by atoms with Crippen molar-refractivity contribution >= 4 is 33.2 Å². The summed E-state index contributed by atoms with van der Waals surface area (Å²) in [5, 5.41) is 0. The molecular weight excluding hydrogens is 312 g/mol. The van der Waals surface area contributed by atoms with Crippen molar-refractivity contribution in [2.24, 2.45) is 0 Å². The van der Waals surface area contributed by atoms with E-state index in [4.69, 9.17) is 0 Å². The lowest BCUT2D eigenvalue weighted by atomic mass is 9.99. The summed E-state index contributed by atoms with van der Waals surface area (Å²) in [4.78, 5) is 17.6. The molecule has 18 heavy (non-hydrogen) atoms.